The minimum Gasteiger partial charge on any atom is -0.349 e. The van der Waals surface area contributed by atoms with E-state index in [4.69, 9.17) is 0 Å². The molecule has 3 atom stereocenters. The minimum absolute atomic E-state index is 0.0239. The van der Waals surface area contributed by atoms with Crippen LogP contribution in [0.5, 0.6) is 0 Å². The van der Waals surface area contributed by atoms with Crippen molar-refractivity contribution in [2.45, 2.75) is 24.8 Å². The Morgan fingerprint density at radius 1 is 1.00 bits per heavy atom. The molecule has 7 heteroatoms. The molecule has 0 aromatic heterocycles. The van der Waals surface area contributed by atoms with Crippen LogP contribution in [-0.4, -0.2) is 37.0 Å². The van der Waals surface area contributed by atoms with Gasteiger partial charge in [0.1, 0.15) is 11.6 Å². The summed E-state index contributed by atoms with van der Waals surface area (Å²) in [6, 6.07) is 11.1. The molecule has 1 saturated carbocycles. The Morgan fingerprint density at radius 2 is 1.71 bits per heavy atom. The number of rotatable bonds is 4. The summed E-state index contributed by atoms with van der Waals surface area (Å²) in [5, 5.41) is 5.47. The molecule has 2 aromatic carbocycles. The second-order valence-corrected chi connectivity index (χ2v) is 7.27. The zero-order valence-electron chi connectivity index (χ0n) is 15.8. The molecule has 2 N–H and O–H groups in total. The van der Waals surface area contributed by atoms with Gasteiger partial charge in [0.05, 0.1) is 0 Å². The molecule has 1 fully saturated rings. The fourth-order valence-corrected chi connectivity index (χ4v) is 3.76. The average Bonchev–Trinajstić information content (AvgIpc) is 3.05. The smallest absolute Gasteiger partial charge is 0.319 e. The van der Waals surface area contributed by atoms with Gasteiger partial charge in [-0.05, 0) is 54.7 Å². The molecule has 148 valence electrons. The summed E-state index contributed by atoms with van der Waals surface area (Å²) in [4.78, 5) is 26.5. The summed E-state index contributed by atoms with van der Waals surface area (Å²) < 4.78 is 26.5. The van der Waals surface area contributed by atoms with E-state index in [1.807, 2.05) is 0 Å². The Balaban J connectivity index is 1.71. The van der Waals surface area contributed by atoms with Crippen molar-refractivity contribution in [3.8, 4) is 0 Å². The fraction of sp³-hybridized carbons (Fsp3) is 0.333. The van der Waals surface area contributed by atoms with Crippen LogP contribution in [0.15, 0.2) is 48.5 Å². The molecule has 0 saturated heterocycles. The van der Waals surface area contributed by atoms with E-state index < -0.39 is 11.8 Å². The van der Waals surface area contributed by atoms with E-state index in [1.165, 1.54) is 35.2 Å². The van der Waals surface area contributed by atoms with Gasteiger partial charge in [0.25, 0.3) is 0 Å². The lowest BCUT2D eigenvalue weighted by molar-refractivity contribution is -0.133. The zero-order valence-corrected chi connectivity index (χ0v) is 15.8. The standard InChI is InChI=1S/C21H23F2N3O2/c1-26(2)20(27)19-12-17(11-18(19)13-6-8-14(22)9-7-13)25-21(28)24-16-5-3-4-15(23)10-16/h3-10,17-19H,11-12H2,1-2H3,(H2,24,25,28)/t17-,18+,19-/m0/s1. The zero-order chi connectivity index (χ0) is 20.3. The molecule has 0 radical (unpaired) electrons. The molecule has 0 bridgehead atoms. The highest BCUT2D eigenvalue weighted by Gasteiger charge is 2.40. The van der Waals surface area contributed by atoms with Crippen molar-refractivity contribution >= 4 is 17.6 Å². The highest BCUT2D eigenvalue weighted by molar-refractivity contribution is 5.89. The number of hydrogen-bond acceptors (Lipinski definition) is 2. The predicted octanol–water partition coefficient (Wildman–Crippen LogP) is 3.74. The first-order valence-corrected chi connectivity index (χ1v) is 9.13. The molecule has 0 spiro atoms. The number of nitrogens with zero attached hydrogens (tertiary/aromatic N) is 1. The van der Waals surface area contributed by atoms with Crippen LogP contribution in [0.3, 0.4) is 0 Å². The van der Waals surface area contributed by atoms with Crippen LogP contribution in [0.4, 0.5) is 19.3 Å². The van der Waals surface area contributed by atoms with Gasteiger partial charge in [0, 0.05) is 31.7 Å². The van der Waals surface area contributed by atoms with Gasteiger partial charge in [-0.1, -0.05) is 18.2 Å². The van der Waals surface area contributed by atoms with Gasteiger partial charge in [-0.25, -0.2) is 13.6 Å². The molecule has 1 aliphatic carbocycles. The second kappa shape index (κ2) is 8.37. The van der Waals surface area contributed by atoms with Crippen LogP contribution in [0.2, 0.25) is 0 Å². The van der Waals surface area contributed by atoms with E-state index >= 15 is 0 Å². The number of carbonyl (C=O) groups excluding carboxylic acids is 2. The van der Waals surface area contributed by atoms with E-state index in [2.05, 4.69) is 10.6 Å². The summed E-state index contributed by atoms with van der Waals surface area (Å²) in [5.74, 6) is -1.22. The van der Waals surface area contributed by atoms with Crippen LogP contribution in [0.25, 0.3) is 0 Å². The van der Waals surface area contributed by atoms with E-state index in [9.17, 15) is 18.4 Å². The molecule has 0 heterocycles. The highest BCUT2D eigenvalue weighted by Crippen LogP contribution is 2.40. The Kier molecular flexibility index (Phi) is 5.92. The Bertz CT molecular complexity index is 855. The second-order valence-electron chi connectivity index (χ2n) is 7.27. The third-order valence-electron chi connectivity index (χ3n) is 5.04. The fourth-order valence-electron chi connectivity index (χ4n) is 3.76. The molecule has 0 aliphatic heterocycles. The van der Waals surface area contributed by atoms with Gasteiger partial charge in [0.15, 0.2) is 0 Å². The lowest BCUT2D eigenvalue weighted by Gasteiger charge is -2.22. The van der Waals surface area contributed by atoms with Gasteiger partial charge in [-0.3, -0.25) is 4.79 Å². The molecule has 28 heavy (non-hydrogen) atoms. The van der Waals surface area contributed by atoms with Crippen molar-refractivity contribution in [3.63, 3.8) is 0 Å². The number of nitrogens with one attached hydrogen (secondary N) is 2. The molecular weight excluding hydrogens is 364 g/mol. The molecule has 5 nitrogen and oxygen atoms in total. The first kappa shape index (κ1) is 19.8. The van der Waals surface area contributed by atoms with Crippen molar-refractivity contribution < 1.29 is 18.4 Å². The van der Waals surface area contributed by atoms with Crippen molar-refractivity contribution in [2.24, 2.45) is 5.92 Å². The van der Waals surface area contributed by atoms with Gasteiger partial charge in [-0.2, -0.15) is 0 Å². The topological polar surface area (TPSA) is 61.4 Å². The van der Waals surface area contributed by atoms with Crippen LogP contribution in [0.1, 0.15) is 24.3 Å². The number of anilines is 1. The molecule has 1 aliphatic rings. The van der Waals surface area contributed by atoms with Crippen LogP contribution in [0, 0.1) is 17.6 Å². The lowest BCUT2D eigenvalue weighted by atomic mass is 9.88. The van der Waals surface area contributed by atoms with Gasteiger partial charge in [0.2, 0.25) is 5.91 Å². The maximum absolute atomic E-state index is 13.3. The number of carbonyl (C=O) groups is 2. The molecule has 3 rings (SSSR count). The van der Waals surface area contributed by atoms with Gasteiger partial charge in [-0.15, -0.1) is 0 Å². The molecular formula is C21H23F2N3O2. The SMILES string of the molecule is CN(C)C(=O)[C@H]1C[C@@H](NC(=O)Nc2cccc(F)c2)C[C@@H]1c1ccc(F)cc1. The number of amides is 3. The lowest BCUT2D eigenvalue weighted by Crippen LogP contribution is -2.37. The maximum Gasteiger partial charge on any atom is 0.319 e. The van der Waals surface area contributed by atoms with Crippen molar-refractivity contribution in [3.05, 3.63) is 65.7 Å². The summed E-state index contributed by atoms with van der Waals surface area (Å²) >= 11 is 0. The van der Waals surface area contributed by atoms with Crippen LogP contribution >= 0.6 is 0 Å². The molecule has 2 aromatic rings. The molecule has 0 unspecified atom stereocenters. The third-order valence-corrected chi connectivity index (χ3v) is 5.04. The van der Waals surface area contributed by atoms with Crippen molar-refractivity contribution in [1.82, 2.24) is 10.2 Å². The number of urea groups is 1. The van der Waals surface area contributed by atoms with E-state index in [-0.39, 0.29) is 29.6 Å². The molecule has 3 amide bonds. The quantitative estimate of drug-likeness (QED) is 0.840. The van der Waals surface area contributed by atoms with Crippen LogP contribution in [-0.2, 0) is 4.79 Å². The Hall–Kier alpha value is -2.96. The number of benzene rings is 2. The summed E-state index contributed by atoms with van der Waals surface area (Å²) in [7, 11) is 3.39. The van der Waals surface area contributed by atoms with Gasteiger partial charge >= 0.3 is 6.03 Å². The maximum atomic E-state index is 13.3. The first-order valence-electron chi connectivity index (χ1n) is 9.13. The third kappa shape index (κ3) is 4.65. The average molecular weight is 387 g/mol. The van der Waals surface area contributed by atoms with E-state index in [1.54, 1.807) is 32.3 Å². The first-order chi connectivity index (χ1) is 13.3. The normalized spacial score (nSPS) is 21.2. The van der Waals surface area contributed by atoms with Gasteiger partial charge < -0.3 is 15.5 Å². The number of halogens is 2. The van der Waals surface area contributed by atoms with Crippen molar-refractivity contribution in [2.75, 3.05) is 19.4 Å². The van der Waals surface area contributed by atoms with Crippen LogP contribution < -0.4 is 10.6 Å². The Labute approximate surface area is 162 Å². The minimum atomic E-state index is -0.452. The summed E-state index contributed by atoms with van der Waals surface area (Å²) in [5.41, 5.74) is 1.22. The van der Waals surface area contributed by atoms with E-state index in [0.717, 1.165) is 5.56 Å². The van der Waals surface area contributed by atoms with Crippen molar-refractivity contribution in [1.29, 1.82) is 0 Å². The monoisotopic (exact) mass is 387 g/mol. The summed E-state index contributed by atoms with van der Waals surface area (Å²) in [6.07, 6.45) is 1.04. The summed E-state index contributed by atoms with van der Waals surface area (Å²) in [6.45, 7) is 0. The highest BCUT2D eigenvalue weighted by atomic mass is 19.1. The Morgan fingerprint density at radius 3 is 2.36 bits per heavy atom. The predicted molar refractivity (Wildman–Crippen MR) is 103 cm³/mol. The van der Waals surface area contributed by atoms with E-state index in [0.29, 0.717) is 18.5 Å². The number of hydrogen-bond donors (Lipinski definition) is 2. The largest absolute Gasteiger partial charge is 0.349 e.